The van der Waals surface area contributed by atoms with Crippen molar-refractivity contribution < 1.29 is 13.5 Å². The Bertz CT molecular complexity index is 1080. The van der Waals surface area contributed by atoms with Gasteiger partial charge in [-0.15, -0.1) is 0 Å². The molecular formula is C23H21F2N3O. The number of nitrogens with one attached hydrogen (secondary N) is 1. The lowest BCUT2D eigenvalue weighted by Crippen LogP contribution is -2.16. The third kappa shape index (κ3) is 4.60. The summed E-state index contributed by atoms with van der Waals surface area (Å²) in [4.78, 5) is 0. The van der Waals surface area contributed by atoms with Crippen LogP contribution in [0.2, 0.25) is 0 Å². The molecule has 4 aromatic rings. The third-order valence-corrected chi connectivity index (χ3v) is 4.84. The van der Waals surface area contributed by atoms with E-state index in [2.05, 4.69) is 22.5 Å². The molecule has 0 aliphatic rings. The second kappa shape index (κ2) is 8.84. The van der Waals surface area contributed by atoms with Crippen molar-refractivity contribution in [1.29, 1.82) is 0 Å². The number of hydrogen-bond donors (Lipinski definition) is 1. The molecule has 3 aromatic carbocycles. The SMILES string of the molecule is FC(F)Oc1ccc2ccccc2c1CNCc1ccccc1Cn1cccn1. The summed E-state index contributed by atoms with van der Waals surface area (Å²) < 4.78 is 32.4. The highest BCUT2D eigenvalue weighted by Crippen LogP contribution is 2.29. The summed E-state index contributed by atoms with van der Waals surface area (Å²) in [6.07, 6.45) is 3.68. The number of fused-ring (bicyclic) bond motifs is 1. The number of alkyl halides is 2. The van der Waals surface area contributed by atoms with Crippen molar-refractivity contribution in [2.45, 2.75) is 26.2 Å². The summed E-state index contributed by atoms with van der Waals surface area (Å²) in [7, 11) is 0. The summed E-state index contributed by atoms with van der Waals surface area (Å²) in [6, 6.07) is 21.2. The van der Waals surface area contributed by atoms with Crippen molar-refractivity contribution in [2.24, 2.45) is 0 Å². The molecule has 0 radical (unpaired) electrons. The van der Waals surface area contributed by atoms with Gasteiger partial charge in [-0.2, -0.15) is 13.9 Å². The summed E-state index contributed by atoms with van der Waals surface area (Å²) in [5.74, 6) is 0.205. The summed E-state index contributed by atoms with van der Waals surface area (Å²) in [5.41, 5.74) is 3.03. The summed E-state index contributed by atoms with van der Waals surface area (Å²) in [6.45, 7) is -1.16. The fourth-order valence-corrected chi connectivity index (χ4v) is 3.48. The van der Waals surface area contributed by atoms with E-state index in [1.807, 2.05) is 53.3 Å². The maximum atomic E-state index is 12.9. The molecule has 1 aromatic heterocycles. The first-order valence-electron chi connectivity index (χ1n) is 9.41. The van der Waals surface area contributed by atoms with Gasteiger partial charge in [0.1, 0.15) is 5.75 Å². The smallest absolute Gasteiger partial charge is 0.387 e. The Morgan fingerprint density at radius 3 is 2.48 bits per heavy atom. The van der Waals surface area contributed by atoms with Crippen molar-refractivity contribution in [3.05, 3.63) is 95.8 Å². The monoisotopic (exact) mass is 393 g/mol. The number of aromatic nitrogens is 2. The number of benzene rings is 3. The zero-order valence-electron chi connectivity index (χ0n) is 15.8. The normalized spacial score (nSPS) is 11.3. The molecule has 6 heteroatoms. The van der Waals surface area contributed by atoms with Crippen molar-refractivity contribution in [3.8, 4) is 5.75 Å². The van der Waals surface area contributed by atoms with E-state index in [0.717, 1.165) is 27.5 Å². The average molecular weight is 393 g/mol. The van der Waals surface area contributed by atoms with E-state index < -0.39 is 6.61 Å². The highest BCUT2D eigenvalue weighted by atomic mass is 19.3. The van der Waals surface area contributed by atoms with Crippen LogP contribution in [0.15, 0.2) is 79.1 Å². The third-order valence-electron chi connectivity index (χ3n) is 4.84. The van der Waals surface area contributed by atoms with Gasteiger partial charge in [0, 0.05) is 31.0 Å². The van der Waals surface area contributed by atoms with E-state index in [9.17, 15) is 8.78 Å². The molecule has 0 bridgehead atoms. The number of ether oxygens (including phenoxy) is 1. The zero-order chi connectivity index (χ0) is 20.1. The first kappa shape index (κ1) is 19.1. The van der Waals surface area contributed by atoms with E-state index in [1.165, 1.54) is 0 Å². The average Bonchev–Trinajstić information content (AvgIpc) is 3.23. The second-order valence-electron chi connectivity index (χ2n) is 6.72. The Hall–Kier alpha value is -3.25. The maximum absolute atomic E-state index is 12.9. The number of nitrogens with zero attached hydrogens (tertiary/aromatic N) is 2. The van der Waals surface area contributed by atoms with Gasteiger partial charge in [0.15, 0.2) is 0 Å². The summed E-state index contributed by atoms with van der Waals surface area (Å²) in [5, 5.41) is 9.55. The quantitative estimate of drug-likeness (QED) is 0.459. The van der Waals surface area contributed by atoms with Gasteiger partial charge in [0.25, 0.3) is 0 Å². The molecular weight excluding hydrogens is 372 g/mol. The van der Waals surface area contributed by atoms with Gasteiger partial charge < -0.3 is 10.1 Å². The van der Waals surface area contributed by atoms with Crippen LogP contribution in [0.25, 0.3) is 10.8 Å². The second-order valence-corrected chi connectivity index (χ2v) is 6.72. The van der Waals surface area contributed by atoms with Gasteiger partial charge in [-0.05, 0) is 34.0 Å². The predicted molar refractivity (Wildman–Crippen MR) is 109 cm³/mol. The molecule has 0 saturated carbocycles. The van der Waals surface area contributed by atoms with Crippen LogP contribution in [-0.4, -0.2) is 16.4 Å². The lowest BCUT2D eigenvalue weighted by molar-refractivity contribution is -0.0503. The van der Waals surface area contributed by atoms with Crippen LogP contribution in [0.3, 0.4) is 0 Å². The molecule has 0 aliphatic carbocycles. The molecule has 0 spiro atoms. The Morgan fingerprint density at radius 2 is 1.69 bits per heavy atom. The molecule has 1 N–H and O–H groups in total. The van der Waals surface area contributed by atoms with Crippen LogP contribution in [0.1, 0.15) is 16.7 Å². The molecule has 0 fully saturated rings. The minimum Gasteiger partial charge on any atom is -0.434 e. The van der Waals surface area contributed by atoms with E-state index in [-0.39, 0.29) is 5.75 Å². The van der Waals surface area contributed by atoms with Crippen molar-refractivity contribution in [3.63, 3.8) is 0 Å². The van der Waals surface area contributed by atoms with E-state index in [1.54, 1.807) is 18.3 Å². The van der Waals surface area contributed by atoms with Crippen molar-refractivity contribution in [2.75, 3.05) is 0 Å². The molecule has 4 nitrogen and oxygen atoms in total. The van der Waals surface area contributed by atoms with E-state index in [0.29, 0.717) is 19.6 Å². The van der Waals surface area contributed by atoms with Gasteiger partial charge in [0.05, 0.1) is 6.54 Å². The highest BCUT2D eigenvalue weighted by Gasteiger charge is 2.13. The van der Waals surface area contributed by atoms with Gasteiger partial charge in [0.2, 0.25) is 0 Å². The van der Waals surface area contributed by atoms with Crippen molar-refractivity contribution >= 4 is 10.8 Å². The molecule has 4 rings (SSSR count). The minimum atomic E-state index is -2.86. The fraction of sp³-hybridized carbons (Fsp3) is 0.174. The molecule has 0 atom stereocenters. The summed E-state index contributed by atoms with van der Waals surface area (Å²) >= 11 is 0. The van der Waals surface area contributed by atoms with Gasteiger partial charge in [-0.25, -0.2) is 0 Å². The largest absolute Gasteiger partial charge is 0.434 e. The van der Waals surface area contributed by atoms with Crippen LogP contribution in [-0.2, 0) is 19.6 Å². The molecule has 29 heavy (non-hydrogen) atoms. The van der Waals surface area contributed by atoms with Gasteiger partial charge >= 0.3 is 6.61 Å². The van der Waals surface area contributed by atoms with Crippen molar-refractivity contribution in [1.82, 2.24) is 15.1 Å². The maximum Gasteiger partial charge on any atom is 0.387 e. The number of halogens is 2. The molecule has 0 amide bonds. The molecule has 1 heterocycles. The molecule has 0 unspecified atom stereocenters. The van der Waals surface area contributed by atoms with Crippen LogP contribution in [0.4, 0.5) is 8.78 Å². The molecule has 0 aliphatic heterocycles. The Morgan fingerprint density at radius 1 is 0.897 bits per heavy atom. The lowest BCUT2D eigenvalue weighted by atomic mass is 10.0. The first-order valence-corrected chi connectivity index (χ1v) is 9.41. The topological polar surface area (TPSA) is 39.1 Å². The standard InChI is InChI=1S/C23H21F2N3O/c24-23(25)29-22-11-10-17-6-3-4-9-20(17)21(22)15-26-14-18-7-1-2-8-19(18)16-28-13-5-12-27-28/h1-13,23,26H,14-16H2. The van der Waals surface area contributed by atoms with Crippen LogP contribution >= 0.6 is 0 Å². The van der Waals surface area contributed by atoms with Gasteiger partial charge in [-0.1, -0.05) is 54.6 Å². The molecule has 0 saturated heterocycles. The Kier molecular flexibility index (Phi) is 5.81. The Labute approximate surface area is 167 Å². The van der Waals surface area contributed by atoms with E-state index >= 15 is 0 Å². The Balaban J connectivity index is 1.53. The zero-order valence-corrected chi connectivity index (χ0v) is 15.8. The number of rotatable bonds is 8. The molecule has 148 valence electrons. The van der Waals surface area contributed by atoms with Crippen LogP contribution in [0.5, 0.6) is 5.75 Å². The van der Waals surface area contributed by atoms with E-state index in [4.69, 9.17) is 4.74 Å². The number of hydrogen-bond acceptors (Lipinski definition) is 3. The lowest BCUT2D eigenvalue weighted by Gasteiger charge is -2.15. The van der Waals surface area contributed by atoms with Crippen LogP contribution < -0.4 is 10.1 Å². The predicted octanol–water partition coefficient (Wildman–Crippen LogP) is 4.98. The van der Waals surface area contributed by atoms with Crippen LogP contribution in [0, 0.1) is 0 Å². The van der Waals surface area contributed by atoms with Gasteiger partial charge in [-0.3, -0.25) is 4.68 Å². The minimum absolute atomic E-state index is 0.205. The fourth-order valence-electron chi connectivity index (χ4n) is 3.48. The highest BCUT2D eigenvalue weighted by molar-refractivity contribution is 5.87. The first-order chi connectivity index (χ1) is 14.2.